The van der Waals surface area contributed by atoms with Gasteiger partial charge < -0.3 is 0 Å². The molecule has 0 aliphatic heterocycles. The Labute approximate surface area is 71.0 Å². The van der Waals surface area contributed by atoms with Gasteiger partial charge >= 0.3 is 0 Å². The van der Waals surface area contributed by atoms with Gasteiger partial charge in [-0.2, -0.15) is 0 Å². The average molecular weight is 152 g/mol. The second-order valence-corrected chi connectivity index (χ2v) is 3.15. The van der Waals surface area contributed by atoms with Gasteiger partial charge in [0.15, 0.2) is 0 Å². The summed E-state index contributed by atoms with van der Waals surface area (Å²) in [5.74, 6) is 1.45. The van der Waals surface area contributed by atoms with Gasteiger partial charge in [0.2, 0.25) is 0 Å². The molecule has 0 aliphatic rings. The molecule has 0 aliphatic carbocycles. The topological polar surface area (TPSA) is 0 Å². The first-order chi connectivity index (χ1) is 5.26. The fourth-order valence-electron chi connectivity index (χ4n) is 1.40. The third-order valence-corrected chi connectivity index (χ3v) is 2.33. The Hall–Kier alpha value is -0.520. The standard InChI is InChI=1S/C11H20/c1-5-8-9-10(4)11(6-2)7-3/h5-6,10-11H,1-2,7-9H2,3-4H3. The summed E-state index contributed by atoms with van der Waals surface area (Å²) >= 11 is 0. The van der Waals surface area contributed by atoms with Crippen molar-refractivity contribution in [1.82, 2.24) is 0 Å². The van der Waals surface area contributed by atoms with Gasteiger partial charge in [-0.1, -0.05) is 26.0 Å². The van der Waals surface area contributed by atoms with E-state index in [4.69, 9.17) is 0 Å². The molecule has 0 nitrogen and oxygen atoms in total. The molecule has 11 heavy (non-hydrogen) atoms. The summed E-state index contributed by atoms with van der Waals surface area (Å²) in [5.41, 5.74) is 0. The van der Waals surface area contributed by atoms with E-state index in [1.165, 1.54) is 12.8 Å². The quantitative estimate of drug-likeness (QED) is 0.508. The van der Waals surface area contributed by atoms with Crippen LogP contribution < -0.4 is 0 Å². The fourth-order valence-corrected chi connectivity index (χ4v) is 1.40. The Morgan fingerprint density at radius 3 is 2.36 bits per heavy atom. The van der Waals surface area contributed by atoms with Crippen LogP contribution in [0, 0.1) is 11.8 Å². The van der Waals surface area contributed by atoms with Crippen LogP contribution in [-0.2, 0) is 0 Å². The Morgan fingerprint density at radius 2 is 2.00 bits per heavy atom. The van der Waals surface area contributed by atoms with Crippen molar-refractivity contribution in [3.05, 3.63) is 25.3 Å². The van der Waals surface area contributed by atoms with Crippen LogP contribution in [0.3, 0.4) is 0 Å². The maximum atomic E-state index is 3.84. The minimum atomic E-state index is 0.690. The van der Waals surface area contributed by atoms with E-state index in [2.05, 4.69) is 33.1 Å². The van der Waals surface area contributed by atoms with Crippen molar-refractivity contribution in [2.45, 2.75) is 33.1 Å². The molecule has 0 aromatic rings. The zero-order valence-corrected chi connectivity index (χ0v) is 7.84. The van der Waals surface area contributed by atoms with E-state index in [0.29, 0.717) is 5.92 Å². The van der Waals surface area contributed by atoms with Crippen LogP contribution in [0.1, 0.15) is 33.1 Å². The molecule has 0 saturated heterocycles. The third-order valence-electron chi connectivity index (χ3n) is 2.33. The Kier molecular flexibility index (Phi) is 5.91. The monoisotopic (exact) mass is 152 g/mol. The van der Waals surface area contributed by atoms with E-state index in [1.807, 2.05) is 6.08 Å². The summed E-state index contributed by atoms with van der Waals surface area (Å²) in [6.07, 6.45) is 7.65. The lowest BCUT2D eigenvalue weighted by Crippen LogP contribution is -2.07. The summed E-state index contributed by atoms with van der Waals surface area (Å²) in [7, 11) is 0. The molecule has 0 saturated carbocycles. The summed E-state index contributed by atoms with van der Waals surface area (Å²) in [6, 6.07) is 0. The molecule has 2 unspecified atom stereocenters. The number of allylic oxidation sites excluding steroid dienone is 2. The molecule has 0 heterocycles. The van der Waals surface area contributed by atoms with Crippen LogP contribution >= 0.6 is 0 Å². The highest BCUT2D eigenvalue weighted by atomic mass is 14.1. The molecule has 0 aromatic heterocycles. The highest BCUT2D eigenvalue weighted by Crippen LogP contribution is 2.20. The van der Waals surface area contributed by atoms with E-state index >= 15 is 0 Å². The summed E-state index contributed by atoms with van der Waals surface area (Å²) in [5, 5.41) is 0. The summed E-state index contributed by atoms with van der Waals surface area (Å²) in [6.45, 7) is 12.1. The van der Waals surface area contributed by atoms with Gasteiger partial charge in [-0.05, 0) is 31.1 Å². The van der Waals surface area contributed by atoms with Gasteiger partial charge in [-0.15, -0.1) is 13.2 Å². The molecule has 0 heteroatoms. The van der Waals surface area contributed by atoms with Crippen molar-refractivity contribution in [1.29, 1.82) is 0 Å². The van der Waals surface area contributed by atoms with Crippen LogP contribution in [0.15, 0.2) is 25.3 Å². The minimum Gasteiger partial charge on any atom is -0.103 e. The molecular formula is C11H20. The molecule has 64 valence electrons. The van der Waals surface area contributed by atoms with Gasteiger partial charge in [0.05, 0.1) is 0 Å². The molecule has 0 spiro atoms. The Morgan fingerprint density at radius 1 is 1.36 bits per heavy atom. The van der Waals surface area contributed by atoms with Crippen molar-refractivity contribution < 1.29 is 0 Å². The number of hydrogen-bond donors (Lipinski definition) is 0. The highest BCUT2D eigenvalue weighted by molar-refractivity contribution is 4.83. The first-order valence-electron chi connectivity index (χ1n) is 4.49. The molecule has 0 aromatic carbocycles. The predicted molar refractivity (Wildman–Crippen MR) is 52.6 cm³/mol. The summed E-state index contributed by atoms with van der Waals surface area (Å²) < 4.78 is 0. The molecule has 0 fully saturated rings. The molecule has 0 bridgehead atoms. The first kappa shape index (κ1) is 10.5. The predicted octanol–water partition coefficient (Wildman–Crippen LogP) is 3.80. The Balaban J connectivity index is 3.67. The fraction of sp³-hybridized carbons (Fsp3) is 0.636. The van der Waals surface area contributed by atoms with Crippen molar-refractivity contribution >= 4 is 0 Å². The van der Waals surface area contributed by atoms with Crippen molar-refractivity contribution in [3.63, 3.8) is 0 Å². The van der Waals surface area contributed by atoms with Gasteiger partial charge in [-0.25, -0.2) is 0 Å². The average Bonchev–Trinajstić information content (AvgIpc) is 2.03. The van der Waals surface area contributed by atoms with Gasteiger partial charge in [0, 0.05) is 0 Å². The molecule has 0 rings (SSSR count). The third kappa shape index (κ3) is 4.02. The number of hydrogen-bond acceptors (Lipinski definition) is 0. The zero-order valence-electron chi connectivity index (χ0n) is 7.84. The first-order valence-corrected chi connectivity index (χ1v) is 4.49. The van der Waals surface area contributed by atoms with Crippen LogP contribution in [0.2, 0.25) is 0 Å². The van der Waals surface area contributed by atoms with Crippen LogP contribution in [0.5, 0.6) is 0 Å². The van der Waals surface area contributed by atoms with E-state index in [9.17, 15) is 0 Å². The van der Waals surface area contributed by atoms with Gasteiger partial charge in [-0.3, -0.25) is 0 Å². The van der Waals surface area contributed by atoms with Gasteiger partial charge in [0.25, 0.3) is 0 Å². The summed E-state index contributed by atoms with van der Waals surface area (Å²) in [4.78, 5) is 0. The van der Waals surface area contributed by atoms with Crippen molar-refractivity contribution in [3.8, 4) is 0 Å². The van der Waals surface area contributed by atoms with Crippen molar-refractivity contribution in [2.24, 2.45) is 11.8 Å². The highest BCUT2D eigenvalue weighted by Gasteiger charge is 2.09. The molecule has 0 N–H and O–H groups in total. The second-order valence-electron chi connectivity index (χ2n) is 3.15. The normalized spacial score (nSPS) is 15.5. The zero-order chi connectivity index (χ0) is 8.69. The van der Waals surface area contributed by atoms with E-state index in [0.717, 1.165) is 12.3 Å². The molecule has 0 amide bonds. The molecule has 0 radical (unpaired) electrons. The maximum Gasteiger partial charge on any atom is -0.0213 e. The van der Waals surface area contributed by atoms with Crippen LogP contribution in [0.25, 0.3) is 0 Å². The van der Waals surface area contributed by atoms with E-state index in [-0.39, 0.29) is 0 Å². The van der Waals surface area contributed by atoms with Crippen LogP contribution in [0.4, 0.5) is 0 Å². The van der Waals surface area contributed by atoms with Gasteiger partial charge in [0.1, 0.15) is 0 Å². The largest absolute Gasteiger partial charge is 0.103 e. The minimum absolute atomic E-state index is 0.690. The Bertz CT molecular complexity index is 113. The van der Waals surface area contributed by atoms with E-state index < -0.39 is 0 Å². The molecular weight excluding hydrogens is 132 g/mol. The lowest BCUT2D eigenvalue weighted by atomic mass is 9.88. The second kappa shape index (κ2) is 6.21. The lowest BCUT2D eigenvalue weighted by Gasteiger charge is -2.17. The van der Waals surface area contributed by atoms with E-state index in [1.54, 1.807) is 0 Å². The SMILES string of the molecule is C=CCCC(C)C(C=C)CC. The smallest absolute Gasteiger partial charge is 0.0213 e. The number of rotatable bonds is 6. The maximum absolute atomic E-state index is 3.84. The lowest BCUT2D eigenvalue weighted by molar-refractivity contribution is 0.395. The van der Waals surface area contributed by atoms with Crippen molar-refractivity contribution in [2.75, 3.05) is 0 Å². The van der Waals surface area contributed by atoms with Crippen LogP contribution in [-0.4, -0.2) is 0 Å². The molecule has 2 atom stereocenters.